The van der Waals surface area contributed by atoms with E-state index in [1.807, 2.05) is 0 Å². The van der Waals surface area contributed by atoms with E-state index in [9.17, 15) is 0 Å². The van der Waals surface area contributed by atoms with Gasteiger partial charge < -0.3 is 4.90 Å². The molecule has 1 unspecified atom stereocenters. The van der Waals surface area contributed by atoms with Gasteiger partial charge in [-0.05, 0) is 68.0 Å². The third kappa shape index (κ3) is 2.05. The van der Waals surface area contributed by atoms with Crippen molar-refractivity contribution in [2.75, 3.05) is 19.6 Å². The summed E-state index contributed by atoms with van der Waals surface area (Å²) in [5.41, 5.74) is 3.17. The maximum absolute atomic E-state index is 3.56. The highest BCUT2D eigenvalue weighted by atomic mass is 79.9. The van der Waals surface area contributed by atoms with Crippen LogP contribution in [0.25, 0.3) is 0 Å². The quantitative estimate of drug-likeness (QED) is 0.800. The molecule has 3 rings (SSSR count). The van der Waals surface area contributed by atoms with Crippen molar-refractivity contribution in [2.24, 2.45) is 0 Å². The van der Waals surface area contributed by atoms with E-state index < -0.39 is 0 Å². The Morgan fingerprint density at radius 1 is 1.25 bits per heavy atom. The lowest BCUT2D eigenvalue weighted by molar-refractivity contribution is 0.313. The number of rotatable bonds is 2. The standard InChI is InChI=1S/C14H18BrN/c15-13-5-6-14-11(9-13)3-4-12(14)10-16-7-1-2-8-16/h5-6,9,12H,1-4,7-8,10H2. The van der Waals surface area contributed by atoms with Crippen molar-refractivity contribution < 1.29 is 0 Å². The molecule has 0 aromatic heterocycles. The lowest BCUT2D eigenvalue weighted by Crippen LogP contribution is -2.24. The van der Waals surface area contributed by atoms with E-state index in [1.165, 1.54) is 49.8 Å². The number of fused-ring (bicyclic) bond motifs is 1. The van der Waals surface area contributed by atoms with Gasteiger partial charge in [0.15, 0.2) is 0 Å². The molecule has 1 aliphatic carbocycles. The Morgan fingerprint density at radius 2 is 2.06 bits per heavy atom. The van der Waals surface area contributed by atoms with Crippen molar-refractivity contribution in [3.05, 3.63) is 33.8 Å². The first-order chi connectivity index (χ1) is 7.83. The predicted molar refractivity (Wildman–Crippen MR) is 70.9 cm³/mol. The summed E-state index contributed by atoms with van der Waals surface area (Å²) in [7, 11) is 0. The first kappa shape index (κ1) is 10.8. The van der Waals surface area contributed by atoms with Gasteiger partial charge in [-0.25, -0.2) is 0 Å². The molecule has 0 bridgehead atoms. The first-order valence-electron chi connectivity index (χ1n) is 6.33. The molecule has 86 valence electrons. The number of benzene rings is 1. The summed E-state index contributed by atoms with van der Waals surface area (Å²) in [5.74, 6) is 0.793. The highest BCUT2D eigenvalue weighted by molar-refractivity contribution is 9.10. The molecule has 0 N–H and O–H groups in total. The van der Waals surface area contributed by atoms with Crippen molar-refractivity contribution in [1.82, 2.24) is 4.90 Å². The molecule has 1 heterocycles. The number of aryl methyl sites for hydroxylation is 1. The molecule has 1 aliphatic heterocycles. The summed E-state index contributed by atoms with van der Waals surface area (Å²) in [6.07, 6.45) is 5.43. The first-order valence-corrected chi connectivity index (χ1v) is 7.13. The number of hydrogen-bond donors (Lipinski definition) is 0. The summed E-state index contributed by atoms with van der Waals surface area (Å²) in [6.45, 7) is 3.93. The summed E-state index contributed by atoms with van der Waals surface area (Å²) in [6, 6.07) is 6.83. The van der Waals surface area contributed by atoms with E-state index in [0.29, 0.717) is 0 Å². The normalized spacial score (nSPS) is 24.9. The molecule has 0 spiro atoms. The molecule has 1 atom stereocenters. The third-order valence-corrected chi connectivity index (χ3v) is 4.48. The van der Waals surface area contributed by atoms with Gasteiger partial charge in [-0.2, -0.15) is 0 Å². The van der Waals surface area contributed by atoms with Crippen LogP contribution in [0.15, 0.2) is 22.7 Å². The fourth-order valence-corrected chi connectivity index (χ4v) is 3.55. The summed E-state index contributed by atoms with van der Waals surface area (Å²) in [5, 5.41) is 0. The number of hydrogen-bond acceptors (Lipinski definition) is 1. The Labute approximate surface area is 106 Å². The van der Waals surface area contributed by atoms with Crippen LogP contribution in [0.4, 0.5) is 0 Å². The van der Waals surface area contributed by atoms with Gasteiger partial charge in [-0.15, -0.1) is 0 Å². The predicted octanol–water partition coefficient (Wildman–Crippen LogP) is 3.57. The summed E-state index contributed by atoms with van der Waals surface area (Å²) < 4.78 is 1.23. The van der Waals surface area contributed by atoms with Gasteiger partial charge in [0.2, 0.25) is 0 Å². The molecule has 16 heavy (non-hydrogen) atoms. The van der Waals surface area contributed by atoms with Crippen LogP contribution in [-0.2, 0) is 6.42 Å². The minimum absolute atomic E-state index is 0.793. The van der Waals surface area contributed by atoms with Gasteiger partial charge in [0.05, 0.1) is 0 Å². The lowest BCUT2D eigenvalue weighted by Gasteiger charge is -2.20. The number of halogens is 1. The zero-order valence-electron chi connectivity index (χ0n) is 9.58. The van der Waals surface area contributed by atoms with E-state index in [4.69, 9.17) is 0 Å². The second-order valence-corrected chi connectivity index (χ2v) is 6.00. The van der Waals surface area contributed by atoms with Crippen molar-refractivity contribution in [2.45, 2.75) is 31.6 Å². The molecule has 2 aliphatic rings. The van der Waals surface area contributed by atoms with Crippen LogP contribution in [0, 0.1) is 0 Å². The van der Waals surface area contributed by atoms with Crippen LogP contribution in [0.5, 0.6) is 0 Å². The van der Waals surface area contributed by atoms with E-state index in [-0.39, 0.29) is 0 Å². The average Bonchev–Trinajstić information content (AvgIpc) is 2.89. The van der Waals surface area contributed by atoms with E-state index in [0.717, 1.165) is 5.92 Å². The van der Waals surface area contributed by atoms with Crippen LogP contribution < -0.4 is 0 Å². The molecule has 1 nitrogen and oxygen atoms in total. The maximum Gasteiger partial charge on any atom is 0.0178 e. The van der Waals surface area contributed by atoms with E-state index in [1.54, 1.807) is 11.1 Å². The van der Waals surface area contributed by atoms with Crippen LogP contribution in [0.3, 0.4) is 0 Å². The van der Waals surface area contributed by atoms with Gasteiger partial charge in [-0.1, -0.05) is 22.0 Å². The molecule has 1 fully saturated rings. The largest absolute Gasteiger partial charge is 0.303 e. The summed E-state index contributed by atoms with van der Waals surface area (Å²) >= 11 is 3.56. The van der Waals surface area contributed by atoms with Crippen molar-refractivity contribution >= 4 is 15.9 Å². The van der Waals surface area contributed by atoms with Gasteiger partial charge in [-0.3, -0.25) is 0 Å². The molecular weight excluding hydrogens is 262 g/mol. The average molecular weight is 280 g/mol. The monoisotopic (exact) mass is 279 g/mol. The van der Waals surface area contributed by atoms with Crippen LogP contribution in [0.1, 0.15) is 36.3 Å². The Kier molecular flexibility index (Phi) is 3.03. The zero-order valence-corrected chi connectivity index (χ0v) is 11.2. The SMILES string of the molecule is Brc1ccc2c(c1)CCC2CN1CCCC1. The highest BCUT2D eigenvalue weighted by Gasteiger charge is 2.25. The van der Waals surface area contributed by atoms with Gasteiger partial charge in [0.1, 0.15) is 0 Å². The summed E-state index contributed by atoms with van der Waals surface area (Å²) in [4.78, 5) is 2.64. The van der Waals surface area contributed by atoms with Crippen LogP contribution in [-0.4, -0.2) is 24.5 Å². The Balaban J connectivity index is 1.75. The minimum atomic E-state index is 0.793. The molecule has 0 amide bonds. The number of nitrogens with zero attached hydrogens (tertiary/aromatic N) is 1. The number of likely N-dealkylation sites (tertiary alicyclic amines) is 1. The van der Waals surface area contributed by atoms with Crippen molar-refractivity contribution in [3.63, 3.8) is 0 Å². The maximum atomic E-state index is 3.56. The highest BCUT2D eigenvalue weighted by Crippen LogP contribution is 2.35. The lowest BCUT2D eigenvalue weighted by atomic mass is 10.0. The molecule has 1 aromatic carbocycles. The molecule has 2 heteroatoms. The fourth-order valence-electron chi connectivity index (χ4n) is 3.14. The van der Waals surface area contributed by atoms with Gasteiger partial charge >= 0.3 is 0 Å². The Hall–Kier alpha value is -0.340. The molecule has 0 saturated carbocycles. The topological polar surface area (TPSA) is 3.24 Å². The molecule has 0 radical (unpaired) electrons. The Morgan fingerprint density at radius 3 is 2.88 bits per heavy atom. The smallest absolute Gasteiger partial charge is 0.0178 e. The van der Waals surface area contributed by atoms with Crippen LogP contribution >= 0.6 is 15.9 Å². The van der Waals surface area contributed by atoms with Gasteiger partial charge in [0, 0.05) is 11.0 Å². The Bertz CT molecular complexity index is 382. The van der Waals surface area contributed by atoms with E-state index in [2.05, 4.69) is 39.0 Å². The van der Waals surface area contributed by atoms with Crippen LogP contribution in [0.2, 0.25) is 0 Å². The molecular formula is C14H18BrN. The zero-order chi connectivity index (χ0) is 11.0. The second-order valence-electron chi connectivity index (χ2n) is 5.09. The third-order valence-electron chi connectivity index (χ3n) is 3.98. The van der Waals surface area contributed by atoms with E-state index >= 15 is 0 Å². The molecule has 1 aromatic rings. The molecule has 1 saturated heterocycles. The minimum Gasteiger partial charge on any atom is -0.303 e. The second kappa shape index (κ2) is 4.50. The van der Waals surface area contributed by atoms with Crippen molar-refractivity contribution in [1.29, 1.82) is 0 Å². The van der Waals surface area contributed by atoms with Gasteiger partial charge in [0.25, 0.3) is 0 Å². The van der Waals surface area contributed by atoms with Crippen molar-refractivity contribution in [3.8, 4) is 0 Å². The fraction of sp³-hybridized carbons (Fsp3) is 0.571.